The van der Waals surface area contributed by atoms with Gasteiger partial charge in [0.1, 0.15) is 21.3 Å². The molecule has 1 aromatic rings. The van der Waals surface area contributed by atoms with E-state index in [0.29, 0.717) is 11.5 Å². The summed E-state index contributed by atoms with van der Waals surface area (Å²) in [6.45, 7) is 0. The molecule has 64 valence electrons. The van der Waals surface area contributed by atoms with E-state index in [1.54, 1.807) is 7.05 Å². The molecule has 0 aromatic carbocycles. The highest BCUT2D eigenvalue weighted by Gasteiger charge is 2.16. The molecule has 0 aliphatic carbocycles. The van der Waals surface area contributed by atoms with Gasteiger partial charge in [0.2, 0.25) is 0 Å². The van der Waals surface area contributed by atoms with Gasteiger partial charge < -0.3 is 0 Å². The number of aromatic amines is 2. The second-order valence-electron chi connectivity index (χ2n) is 2.24. The van der Waals surface area contributed by atoms with Crippen LogP contribution >= 0.6 is 21.3 Å². The van der Waals surface area contributed by atoms with E-state index in [1.165, 1.54) is 0 Å². The minimum atomic E-state index is -0.512. The summed E-state index contributed by atoms with van der Waals surface area (Å²) in [6, 6.07) is 0. The van der Waals surface area contributed by atoms with Crippen LogP contribution < -0.4 is 14.4 Å². The van der Waals surface area contributed by atoms with Crippen molar-refractivity contribution in [1.82, 2.24) is 9.97 Å². The van der Waals surface area contributed by atoms with Gasteiger partial charge >= 0.3 is 5.69 Å². The maximum atomic E-state index is 11.1. The highest BCUT2D eigenvalue weighted by atomic mass is 127. The summed E-state index contributed by atoms with van der Waals surface area (Å²) in [5.41, 5.74) is -0.533. The second kappa shape index (κ2) is 2.51. The number of nitrogens with one attached hydrogen (secondary N) is 2. The predicted octanol–water partition coefficient (Wildman–Crippen LogP) is 0.214. The number of nitrogens with zero attached hydrogens (tertiary/aromatic N) is 2. The zero-order valence-corrected chi connectivity index (χ0v) is 8.25. The number of halogens is 1. The third kappa shape index (κ3) is 1.00. The van der Waals surface area contributed by atoms with Gasteiger partial charge in [-0.2, -0.15) is 3.15 Å². The molecule has 0 saturated carbocycles. The molecule has 0 unspecified atom stereocenters. The predicted molar refractivity (Wildman–Crippen MR) is 52.2 cm³/mol. The summed E-state index contributed by atoms with van der Waals surface area (Å²) in [4.78, 5) is 26.6. The van der Waals surface area contributed by atoms with Crippen molar-refractivity contribution in [3.05, 3.63) is 20.8 Å². The normalized spacial score (nSPS) is 14.2. The van der Waals surface area contributed by atoms with Crippen LogP contribution in [0, 0.1) is 0 Å². The number of H-pyrrole nitrogens is 2. The molecule has 12 heavy (non-hydrogen) atoms. The second-order valence-corrected chi connectivity index (χ2v) is 4.60. The van der Waals surface area contributed by atoms with Crippen molar-refractivity contribution in [2.24, 2.45) is 3.15 Å². The number of hydrogen-bond acceptors (Lipinski definition) is 4. The Balaban J connectivity index is 2.83. The van der Waals surface area contributed by atoms with Gasteiger partial charge in [-0.05, 0) is 0 Å². The van der Waals surface area contributed by atoms with Crippen molar-refractivity contribution >= 4 is 32.8 Å². The summed E-state index contributed by atoms with van der Waals surface area (Å²) < 4.78 is 5.85. The summed E-state index contributed by atoms with van der Waals surface area (Å²) in [7, 11) is 1.80. The minimum absolute atomic E-state index is 0.352. The summed E-state index contributed by atoms with van der Waals surface area (Å²) in [5, 5.41) is 0. The van der Waals surface area contributed by atoms with Crippen LogP contribution in [0.25, 0.3) is 0 Å². The van der Waals surface area contributed by atoms with Gasteiger partial charge in [0.05, 0.1) is 0 Å². The molecular weight excluding hydrogens is 275 g/mol. The first-order valence-electron chi connectivity index (χ1n) is 3.14. The van der Waals surface area contributed by atoms with E-state index in [-0.39, 0.29) is 0 Å². The third-order valence-corrected chi connectivity index (χ3v) is 3.27. The van der Waals surface area contributed by atoms with Crippen LogP contribution in [-0.4, -0.2) is 17.0 Å². The van der Waals surface area contributed by atoms with Crippen molar-refractivity contribution < 1.29 is 0 Å². The molecule has 2 rings (SSSR count). The topological polar surface area (TPSA) is 81.3 Å². The van der Waals surface area contributed by atoms with Gasteiger partial charge in [0.25, 0.3) is 5.56 Å². The van der Waals surface area contributed by atoms with Crippen molar-refractivity contribution in [2.45, 2.75) is 0 Å². The Morgan fingerprint density at radius 3 is 2.92 bits per heavy atom. The lowest BCUT2D eigenvalue weighted by Gasteiger charge is -2.04. The highest BCUT2D eigenvalue weighted by molar-refractivity contribution is 14.2. The molecule has 1 aliphatic rings. The number of anilines is 1. The molecule has 1 aromatic heterocycles. The zero-order valence-electron chi connectivity index (χ0n) is 6.09. The molecule has 1 aliphatic heterocycles. The quantitative estimate of drug-likeness (QED) is 0.526. The summed E-state index contributed by atoms with van der Waals surface area (Å²) in [6.07, 6.45) is 0. The van der Waals surface area contributed by atoms with Crippen LogP contribution in [0.2, 0.25) is 0 Å². The van der Waals surface area contributed by atoms with Gasteiger partial charge in [-0.25, -0.2) is 4.79 Å². The van der Waals surface area contributed by atoms with E-state index >= 15 is 0 Å². The van der Waals surface area contributed by atoms with Gasteiger partial charge in [-0.1, -0.05) is 0 Å². The fourth-order valence-corrected chi connectivity index (χ4v) is 2.45. The van der Waals surface area contributed by atoms with E-state index in [4.69, 9.17) is 0 Å². The standard InChI is InChI=1S/C5H5IN4O2/c1-10-3-2(9-6-10)4(11)8-5(12)7-3/h1H3,(H2,7,8,11,12). The smallest absolute Gasteiger partial charge is 0.292 e. The Hall–Kier alpha value is -0.990. The number of fused-ring (bicyclic) bond motifs is 1. The molecule has 0 fully saturated rings. The average molecular weight is 280 g/mol. The molecule has 0 atom stereocenters. The fraction of sp³-hybridized carbons (Fsp3) is 0.200. The first kappa shape index (κ1) is 7.65. The molecule has 2 heterocycles. The van der Waals surface area contributed by atoms with Crippen molar-refractivity contribution in [3.63, 3.8) is 0 Å². The van der Waals surface area contributed by atoms with E-state index < -0.39 is 32.6 Å². The Morgan fingerprint density at radius 2 is 2.17 bits per heavy atom. The van der Waals surface area contributed by atoms with Crippen LogP contribution in [0.1, 0.15) is 0 Å². The molecule has 0 bridgehead atoms. The lowest BCUT2D eigenvalue weighted by Crippen LogP contribution is -2.23. The minimum Gasteiger partial charge on any atom is -0.292 e. The van der Waals surface area contributed by atoms with Crippen LogP contribution in [0.3, 0.4) is 0 Å². The Kier molecular flexibility index (Phi) is 1.60. The summed E-state index contributed by atoms with van der Waals surface area (Å²) in [5.74, 6) is 0.538. The lowest BCUT2D eigenvalue weighted by atomic mass is 10.5. The van der Waals surface area contributed by atoms with E-state index in [1.807, 2.05) is 3.11 Å². The maximum absolute atomic E-state index is 11.1. The molecule has 0 spiro atoms. The Labute approximate surface area is 77.1 Å². The van der Waals surface area contributed by atoms with Gasteiger partial charge in [-0.15, -0.1) is 0 Å². The van der Waals surface area contributed by atoms with E-state index in [9.17, 15) is 9.59 Å². The third-order valence-electron chi connectivity index (χ3n) is 1.44. The largest absolute Gasteiger partial charge is 0.327 e. The van der Waals surface area contributed by atoms with Crippen LogP contribution in [0.15, 0.2) is 12.7 Å². The average Bonchev–Trinajstić information content (AvgIpc) is 2.33. The molecule has 0 amide bonds. The zero-order chi connectivity index (χ0) is 8.72. The Morgan fingerprint density at radius 1 is 1.42 bits per heavy atom. The van der Waals surface area contributed by atoms with Crippen molar-refractivity contribution in [1.29, 1.82) is 0 Å². The number of aromatic nitrogens is 2. The van der Waals surface area contributed by atoms with Crippen LogP contribution in [-0.2, 0) is 0 Å². The molecule has 6 nitrogen and oxygen atoms in total. The fourth-order valence-electron chi connectivity index (χ4n) is 0.901. The molecule has 0 radical (unpaired) electrons. The van der Waals surface area contributed by atoms with Crippen LogP contribution in [0.5, 0.6) is 0 Å². The van der Waals surface area contributed by atoms with E-state index in [0.717, 1.165) is 0 Å². The van der Waals surface area contributed by atoms with Crippen molar-refractivity contribution in [3.8, 4) is 0 Å². The SMILES string of the molecule is CN1I=Nc2c1[nH]c(=O)[nH]c2=O. The first-order chi connectivity index (χ1) is 5.68. The van der Waals surface area contributed by atoms with Crippen LogP contribution in [0.4, 0.5) is 11.5 Å². The van der Waals surface area contributed by atoms with Gasteiger partial charge in [0, 0.05) is 7.05 Å². The monoisotopic (exact) mass is 280 g/mol. The van der Waals surface area contributed by atoms with Gasteiger partial charge in [0.15, 0.2) is 11.5 Å². The first-order valence-corrected chi connectivity index (χ1v) is 5.07. The number of hydrogen-bond donors (Lipinski definition) is 2. The number of rotatable bonds is 0. The molecule has 0 saturated heterocycles. The Bertz CT molecular complexity index is 459. The van der Waals surface area contributed by atoms with E-state index in [2.05, 4.69) is 13.1 Å². The summed E-state index contributed by atoms with van der Waals surface area (Å²) >= 11 is -0.512. The van der Waals surface area contributed by atoms with Crippen molar-refractivity contribution in [2.75, 3.05) is 10.2 Å². The van der Waals surface area contributed by atoms with Gasteiger partial charge in [-0.3, -0.25) is 17.9 Å². The molecular formula is C5H5IN4O2. The highest BCUT2D eigenvalue weighted by Crippen LogP contribution is 2.34. The molecule has 7 heteroatoms. The lowest BCUT2D eigenvalue weighted by molar-refractivity contribution is 1.03. The molecule has 2 N–H and O–H groups in total. The maximum Gasteiger partial charge on any atom is 0.327 e.